The summed E-state index contributed by atoms with van der Waals surface area (Å²) >= 11 is 0. The van der Waals surface area contributed by atoms with Crippen LogP contribution in [0.5, 0.6) is 5.75 Å². The summed E-state index contributed by atoms with van der Waals surface area (Å²) in [7, 11) is 3.54. The highest BCUT2D eigenvalue weighted by Crippen LogP contribution is 2.42. The van der Waals surface area contributed by atoms with Gasteiger partial charge in [-0.25, -0.2) is 9.97 Å². The first-order chi connectivity index (χ1) is 15.6. The van der Waals surface area contributed by atoms with E-state index in [9.17, 15) is 18.0 Å². The maximum absolute atomic E-state index is 13.0. The number of ether oxygens (including phenoxy) is 1. The van der Waals surface area contributed by atoms with Gasteiger partial charge in [0, 0.05) is 32.1 Å². The molecule has 2 aromatic heterocycles. The second-order valence-corrected chi connectivity index (χ2v) is 7.93. The van der Waals surface area contributed by atoms with Gasteiger partial charge in [-0.05, 0) is 55.5 Å². The maximum Gasteiger partial charge on any atom is 0.573 e. The summed E-state index contributed by atoms with van der Waals surface area (Å²) in [6, 6.07) is 5.01. The predicted molar refractivity (Wildman–Crippen MR) is 112 cm³/mol. The van der Waals surface area contributed by atoms with Gasteiger partial charge in [0.15, 0.2) is 5.82 Å². The van der Waals surface area contributed by atoms with Crippen molar-refractivity contribution in [1.29, 1.82) is 0 Å². The van der Waals surface area contributed by atoms with Gasteiger partial charge in [0.2, 0.25) is 5.95 Å². The lowest BCUT2D eigenvalue weighted by Crippen LogP contribution is -2.29. The molecule has 33 heavy (non-hydrogen) atoms. The molecule has 0 unspecified atom stereocenters. The Balaban J connectivity index is 1.62. The number of halogens is 3. The Morgan fingerprint density at radius 2 is 1.91 bits per heavy atom. The lowest BCUT2D eigenvalue weighted by Gasteiger charge is -2.16. The summed E-state index contributed by atoms with van der Waals surface area (Å²) in [5.41, 5.74) is 0.714. The number of aromatic nitrogens is 5. The van der Waals surface area contributed by atoms with E-state index in [1.165, 1.54) is 10.7 Å². The number of benzene rings is 1. The van der Waals surface area contributed by atoms with Gasteiger partial charge >= 0.3 is 6.36 Å². The molecule has 1 aliphatic carbocycles. The van der Waals surface area contributed by atoms with Gasteiger partial charge in [-0.1, -0.05) is 0 Å². The van der Waals surface area contributed by atoms with Crippen molar-refractivity contribution < 1.29 is 22.7 Å². The molecule has 174 valence electrons. The number of nitrogens with zero attached hydrogens (tertiary/aromatic N) is 6. The minimum Gasteiger partial charge on any atom is -0.406 e. The fourth-order valence-corrected chi connectivity index (χ4v) is 3.27. The van der Waals surface area contributed by atoms with Crippen molar-refractivity contribution in [2.75, 3.05) is 19.0 Å². The molecule has 0 spiro atoms. The van der Waals surface area contributed by atoms with Gasteiger partial charge in [0.1, 0.15) is 5.75 Å². The number of carbonyl (C=O) groups excluding carboxylic acids is 1. The van der Waals surface area contributed by atoms with Crippen LogP contribution >= 0.6 is 0 Å². The zero-order chi connectivity index (χ0) is 23.8. The maximum atomic E-state index is 13.0. The van der Waals surface area contributed by atoms with Gasteiger partial charge in [0.25, 0.3) is 11.9 Å². The van der Waals surface area contributed by atoms with Crippen LogP contribution in [0, 0.1) is 0 Å². The zero-order valence-corrected chi connectivity index (χ0v) is 18.2. The minimum absolute atomic E-state index is 0.0698. The van der Waals surface area contributed by atoms with E-state index in [1.807, 2.05) is 0 Å². The van der Waals surface area contributed by atoms with E-state index in [-0.39, 0.29) is 17.4 Å². The first-order valence-corrected chi connectivity index (χ1v) is 10.2. The Hall–Kier alpha value is -3.70. The van der Waals surface area contributed by atoms with Crippen LogP contribution in [-0.2, 0) is 0 Å². The van der Waals surface area contributed by atoms with Crippen molar-refractivity contribution in [3.05, 3.63) is 53.6 Å². The van der Waals surface area contributed by atoms with Crippen LogP contribution in [0.15, 0.2) is 36.7 Å². The summed E-state index contributed by atoms with van der Waals surface area (Å²) in [5.74, 6) is 0.170. The largest absolute Gasteiger partial charge is 0.573 e. The fourth-order valence-electron chi connectivity index (χ4n) is 3.27. The lowest BCUT2D eigenvalue weighted by molar-refractivity contribution is -0.274. The quantitative estimate of drug-likeness (QED) is 0.576. The highest BCUT2D eigenvalue weighted by Gasteiger charge is 2.33. The topological polar surface area (TPSA) is 98.1 Å². The molecular formula is C21H22F3N7O2. The molecule has 9 nitrogen and oxygen atoms in total. The molecule has 0 bridgehead atoms. The molecule has 0 radical (unpaired) electrons. The van der Waals surface area contributed by atoms with Crippen LogP contribution in [0.2, 0.25) is 0 Å². The third-order valence-electron chi connectivity index (χ3n) is 4.97. The van der Waals surface area contributed by atoms with Gasteiger partial charge < -0.3 is 15.0 Å². The molecule has 1 saturated carbocycles. The molecule has 1 fully saturated rings. The number of anilines is 1. The third-order valence-corrected chi connectivity index (χ3v) is 4.97. The molecule has 1 amide bonds. The Bertz CT molecular complexity index is 1140. The number of carbonyl (C=O) groups is 1. The monoisotopic (exact) mass is 461 g/mol. The van der Waals surface area contributed by atoms with E-state index in [0.29, 0.717) is 17.3 Å². The number of hydrogen-bond acceptors (Lipinski definition) is 7. The number of hydrogen-bond donors (Lipinski definition) is 1. The highest BCUT2D eigenvalue weighted by atomic mass is 19.4. The van der Waals surface area contributed by atoms with E-state index < -0.39 is 24.1 Å². The first kappa shape index (κ1) is 22.5. The Labute approximate surface area is 187 Å². The summed E-state index contributed by atoms with van der Waals surface area (Å²) in [4.78, 5) is 27.5. The Morgan fingerprint density at radius 1 is 1.21 bits per heavy atom. The van der Waals surface area contributed by atoms with Crippen LogP contribution in [0.4, 0.5) is 19.1 Å². The van der Waals surface area contributed by atoms with Crippen molar-refractivity contribution >= 4 is 11.9 Å². The van der Waals surface area contributed by atoms with Gasteiger partial charge in [-0.2, -0.15) is 9.67 Å². The molecule has 3 aromatic rings. The van der Waals surface area contributed by atoms with E-state index in [0.717, 1.165) is 18.9 Å². The van der Waals surface area contributed by atoms with Crippen molar-refractivity contribution in [2.24, 2.45) is 0 Å². The average molecular weight is 461 g/mol. The molecule has 4 rings (SSSR count). The molecule has 1 atom stereocenters. The number of amides is 1. The Kier molecular flexibility index (Phi) is 5.91. The minimum atomic E-state index is -4.85. The zero-order valence-electron chi connectivity index (χ0n) is 18.2. The normalized spacial score (nSPS) is 14.6. The first-order valence-electron chi connectivity index (χ1n) is 10.2. The van der Waals surface area contributed by atoms with Crippen LogP contribution in [0.25, 0.3) is 5.95 Å². The molecule has 0 saturated heterocycles. The molecule has 12 heteroatoms. The summed E-state index contributed by atoms with van der Waals surface area (Å²) in [6.07, 6.45) is -0.0192. The van der Waals surface area contributed by atoms with E-state index in [2.05, 4.69) is 30.1 Å². The molecular weight excluding hydrogens is 439 g/mol. The summed E-state index contributed by atoms with van der Waals surface area (Å²) < 4.78 is 43.8. The number of nitrogens with one attached hydrogen (secondary N) is 1. The van der Waals surface area contributed by atoms with Crippen LogP contribution in [0.1, 0.15) is 53.5 Å². The van der Waals surface area contributed by atoms with Crippen molar-refractivity contribution in [1.82, 2.24) is 30.0 Å². The fraction of sp³-hybridized carbons (Fsp3) is 0.381. The lowest BCUT2D eigenvalue weighted by atomic mass is 10.1. The van der Waals surface area contributed by atoms with Crippen molar-refractivity contribution in [3.63, 3.8) is 0 Å². The van der Waals surface area contributed by atoms with E-state index >= 15 is 0 Å². The van der Waals surface area contributed by atoms with Gasteiger partial charge in [0.05, 0.1) is 6.04 Å². The standard InChI is InChI=1S/C21H22F3N7O2/c1-12(17-28-20(30(2)3)29-31(17)19-25-7-4-8-26-19)27-18(32)15-9-14(13-5-6-13)10-16(11-15)33-21(22,23)24/h4,7-13H,5-6H2,1-3H3,(H,27,32)/t12-/m0/s1. The molecule has 0 aliphatic heterocycles. The van der Waals surface area contributed by atoms with Gasteiger partial charge in [-0.3, -0.25) is 4.79 Å². The second kappa shape index (κ2) is 8.68. The van der Waals surface area contributed by atoms with Crippen molar-refractivity contribution in [3.8, 4) is 11.7 Å². The Morgan fingerprint density at radius 3 is 2.52 bits per heavy atom. The smallest absolute Gasteiger partial charge is 0.406 e. The number of alkyl halides is 3. The molecule has 1 N–H and O–H groups in total. The molecule has 1 aromatic carbocycles. The average Bonchev–Trinajstić information content (AvgIpc) is 3.50. The molecule has 2 heterocycles. The predicted octanol–water partition coefficient (Wildman–Crippen LogP) is 3.39. The van der Waals surface area contributed by atoms with Gasteiger partial charge in [-0.15, -0.1) is 18.3 Å². The summed E-state index contributed by atoms with van der Waals surface area (Å²) in [5, 5.41) is 7.17. The van der Waals surface area contributed by atoms with Crippen LogP contribution in [0.3, 0.4) is 0 Å². The van der Waals surface area contributed by atoms with Crippen LogP contribution < -0.4 is 15.0 Å². The second-order valence-electron chi connectivity index (χ2n) is 7.93. The van der Waals surface area contributed by atoms with Crippen LogP contribution in [-0.4, -0.2) is 51.1 Å². The highest BCUT2D eigenvalue weighted by molar-refractivity contribution is 5.95. The van der Waals surface area contributed by atoms with Crippen molar-refractivity contribution in [2.45, 2.75) is 38.1 Å². The third kappa shape index (κ3) is 5.38. The SMILES string of the molecule is C[C@H](NC(=O)c1cc(OC(F)(F)F)cc(C2CC2)c1)c1nc(N(C)C)nn1-c1ncccn1. The summed E-state index contributed by atoms with van der Waals surface area (Å²) in [6.45, 7) is 1.69. The van der Waals surface area contributed by atoms with E-state index in [4.69, 9.17) is 0 Å². The molecule has 1 aliphatic rings. The number of rotatable bonds is 7. The van der Waals surface area contributed by atoms with E-state index in [1.54, 1.807) is 50.4 Å².